The third-order valence-electron chi connectivity index (χ3n) is 6.56. The summed E-state index contributed by atoms with van der Waals surface area (Å²) in [6.45, 7) is 5.19. The van der Waals surface area contributed by atoms with Crippen LogP contribution in [-0.2, 0) is 12.1 Å². The van der Waals surface area contributed by atoms with Crippen molar-refractivity contribution in [2.45, 2.75) is 76.0 Å². The van der Waals surface area contributed by atoms with Crippen LogP contribution in [0.25, 0.3) is 0 Å². The SMILES string of the molecule is Cc1nnn(C23C[C@H]4C[C@@H](CC(N[C@H](C)Cn5ccnc5)(C4)C2)C3)n1. The molecular weight excluding hydrogens is 314 g/mol. The predicted octanol–water partition coefficient (Wildman–Crippen LogP) is 1.90. The molecule has 4 saturated carbocycles. The first-order valence-corrected chi connectivity index (χ1v) is 9.55. The number of rotatable bonds is 5. The fourth-order valence-electron chi connectivity index (χ4n) is 6.38. The van der Waals surface area contributed by atoms with Crippen molar-refractivity contribution in [1.82, 2.24) is 35.1 Å². The number of aryl methyl sites for hydroxylation is 1. The monoisotopic (exact) mass is 341 g/mol. The zero-order chi connectivity index (χ0) is 17.1. The Morgan fingerprint density at radius 1 is 1.28 bits per heavy atom. The van der Waals surface area contributed by atoms with Crippen LogP contribution < -0.4 is 5.32 Å². The van der Waals surface area contributed by atoms with Crippen LogP contribution in [0, 0.1) is 18.8 Å². The smallest absolute Gasteiger partial charge is 0.171 e. The number of hydrogen-bond acceptors (Lipinski definition) is 5. The second-order valence-electron chi connectivity index (χ2n) is 8.90. The third-order valence-corrected chi connectivity index (χ3v) is 6.56. The van der Waals surface area contributed by atoms with Gasteiger partial charge in [0.25, 0.3) is 0 Å². The summed E-state index contributed by atoms with van der Waals surface area (Å²) in [7, 11) is 0. The Kier molecular flexibility index (Phi) is 3.33. The highest BCUT2D eigenvalue weighted by molar-refractivity contribution is 5.13. The van der Waals surface area contributed by atoms with Crippen LogP contribution in [0.4, 0.5) is 0 Å². The maximum atomic E-state index is 4.63. The van der Waals surface area contributed by atoms with Crippen LogP contribution in [0.3, 0.4) is 0 Å². The Hall–Kier alpha value is -1.76. The Bertz CT molecular complexity index is 735. The highest BCUT2D eigenvalue weighted by Crippen LogP contribution is 2.60. The zero-order valence-electron chi connectivity index (χ0n) is 15.1. The molecule has 2 heterocycles. The number of hydrogen-bond donors (Lipinski definition) is 1. The van der Waals surface area contributed by atoms with E-state index in [4.69, 9.17) is 0 Å². The van der Waals surface area contributed by atoms with Gasteiger partial charge in [-0.2, -0.15) is 4.80 Å². The van der Waals surface area contributed by atoms with Crippen LogP contribution in [0.5, 0.6) is 0 Å². The molecule has 0 spiro atoms. The van der Waals surface area contributed by atoms with Gasteiger partial charge in [0.05, 0.1) is 11.9 Å². The largest absolute Gasteiger partial charge is 0.336 e. The second-order valence-corrected chi connectivity index (χ2v) is 8.90. The first-order chi connectivity index (χ1) is 12.0. The van der Waals surface area contributed by atoms with Gasteiger partial charge in [-0.05, 0) is 69.4 Å². The second kappa shape index (κ2) is 5.37. The summed E-state index contributed by atoms with van der Waals surface area (Å²) in [6.07, 6.45) is 13.4. The molecule has 0 radical (unpaired) electrons. The highest BCUT2D eigenvalue weighted by Gasteiger charge is 2.59. The van der Waals surface area contributed by atoms with E-state index in [-0.39, 0.29) is 11.1 Å². The highest BCUT2D eigenvalue weighted by atomic mass is 15.6. The number of nitrogens with one attached hydrogen (secondary N) is 1. The molecule has 2 aromatic rings. The van der Waals surface area contributed by atoms with E-state index in [1.54, 1.807) is 0 Å². The summed E-state index contributed by atoms with van der Waals surface area (Å²) in [5, 5.41) is 17.2. The van der Waals surface area contributed by atoms with Crippen LogP contribution >= 0.6 is 0 Å². The van der Waals surface area contributed by atoms with Gasteiger partial charge in [-0.25, -0.2) is 4.98 Å². The molecule has 0 aliphatic heterocycles. The minimum atomic E-state index is 0.0765. The van der Waals surface area contributed by atoms with Crippen molar-refractivity contribution in [3.63, 3.8) is 0 Å². The Labute approximate surface area is 148 Å². The minimum Gasteiger partial charge on any atom is -0.336 e. The normalized spacial score (nSPS) is 37.5. The van der Waals surface area contributed by atoms with Crippen molar-refractivity contribution in [3.05, 3.63) is 24.5 Å². The average molecular weight is 341 g/mol. The van der Waals surface area contributed by atoms with Crippen molar-refractivity contribution < 1.29 is 0 Å². The van der Waals surface area contributed by atoms with Crippen LogP contribution in [-0.4, -0.2) is 41.3 Å². The minimum absolute atomic E-state index is 0.0765. The molecule has 7 nitrogen and oxygen atoms in total. The number of tetrazole rings is 1. The summed E-state index contributed by atoms with van der Waals surface area (Å²) in [5.41, 5.74) is 0.304. The van der Waals surface area contributed by atoms with E-state index in [0.29, 0.717) is 6.04 Å². The maximum Gasteiger partial charge on any atom is 0.171 e. The molecule has 4 aliphatic carbocycles. The maximum absolute atomic E-state index is 4.63. The van der Waals surface area contributed by atoms with Gasteiger partial charge in [0.15, 0.2) is 5.82 Å². The molecule has 6 rings (SSSR count). The van der Waals surface area contributed by atoms with Gasteiger partial charge in [-0.1, -0.05) is 0 Å². The molecular formula is C18H27N7. The van der Waals surface area contributed by atoms with Crippen molar-refractivity contribution in [3.8, 4) is 0 Å². The summed E-state index contributed by atoms with van der Waals surface area (Å²) >= 11 is 0. The average Bonchev–Trinajstić information content (AvgIpc) is 3.17. The van der Waals surface area contributed by atoms with E-state index in [1.807, 2.05) is 30.4 Å². The quantitative estimate of drug-likeness (QED) is 0.899. The molecule has 0 amide bonds. The van der Waals surface area contributed by atoms with E-state index >= 15 is 0 Å². The molecule has 2 aromatic heterocycles. The Balaban J connectivity index is 1.40. The molecule has 0 unspecified atom stereocenters. The summed E-state index contributed by atoms with van der Waals surface area (Å²) < 4.78 is 2.16. The van der Waals surface area contributed by atoms with Gasteiger partial charge in [0, 0.05) is 30.5 Å². The van der Waals surface area contributed by atoms with Crippen molar-refractivity contribution in [2.75, 3.05) is 0 Å². The van der Waals surface area contributed by atoms with Gasteiger partial charge < -0.3 is 9.88 Å². The number of nitrogens with zero attached hydrogens (tertiary/aromatic N) is 6. The van der Waals surface area contributed by atoms with Gasteiger partial charge in [-0.3, -0.25) is 0 Å². The molecule has 0 aromatic carbocycles. The van der Waals surface area contributed by atoms with E-state index in [9.17, 15) is 0 Å². The van der Waals surface area contributed by atoms with Crippen LogP contribution in [0.1, 0.15) is 51.3 Å². The van der Waals surface area contributed by atoms with Gasteiger partial charge in [-0.15, -0.1) is 10.2 Å². The number of imidazole rings is 1. The summed E-state index contributed by atoms with van der Waals surface area (Å²) in [4.78, 5) is 6.13. The summed E-state index contributed by atoms with van der Waals surface area (Å²) in [6, 6.07) is 0.424. The van der Waals surface area contributed by atoms with E-state index < -0.39 is 0 Å². The molecule has 1 N–H and O–H groups in total. The Morgan fingerprint density at radius 3 is 2.72 bits per heavy atom. The predicted molar refractivity (Wildman–Crippen MR) is 92.8 cm³/mol. The molecule has 7 heteroatoms. The lowest BCUT2D eigenvalue weighted by atomic mass is 9.50. The molecule has 4 bridgehead atoms. The van der Waals surface area contributed by atoms with E-state index in [2.05, 4.69) is 37.2 Å². The molecule has 0 saturated heterocycles. The summed E-state index contributed by atoms with van der Waals surface area (Å²) in [5.74, 6) is 2.37. The van der Waals surface area contributed by atoms with Crippen LogP contribution in [0.2, 0.25) is 0 Å². The van der Waals surface area contributed by atoms with Crippen LogP contribution in [0.15, 0.2) is 18.7 Å². The fraction of sp³-hybridized carbons (Fsp3) is 0.778. The molecule has 4 fully saturated rings. The van der Waals surface area contributed by atoms with Crippen molar-refractivity contribution in [1.29, 1.82) is 0 Å². The lowest BCUT2D eigenvalue weighted by molar-refractivity contribution is -0.0881. The van der Waals surface area contributed by atoms with Gasteiger partial charge >= 0.3 is 0 Å². The lowest BCUT2D eigenvalue weighted by Gasteiger charge is -2.62. The zero-order valence-corrected chi connectivity index (χ0v) is 15.1. The first-order valence-electron chi connectivity index (χ1n) is 9.55. The van der Waals surface area contributed by atoms with E-state index in [0.717, 1.165) is 30.6 Å². The standard InChI is InChI=1S/C18H27N7/c1-13(10-24-4-3-19-12-24)20-17-6-15-5-16(7-17)9-18(8-15,11-17)25-22-14(2)21-23-25/h3-4,12-13,15-16,20H,5-11H2,1-2H3/t13-,15+,16+,17?,18?/m1/s1. The molecule has 4 aliphatic rings. The first kappa shape index (κ1) is 15.5. The molecule has 25 heavy (non-hydrogen) atoms. The van der Waals surface area contributed by atoms with Gasteiger partial charge in [0.1, 0.15) is 0 Å². The van der Waals surface area contributed by atoms with Crippen molar-refractivity contribution >= 4 is 0 Å². The number of aromatic nitrogens is 6. The molecule has 134 valence electrons. The topological polar surface area (TPSA) is 73.5 Å². The fourth-order valence-corrected chi connectivity index (χ4v) is 6.38. The van der Waals surface area contributed by atoms with Crippen molar-refractivity contribution in [2.24, 2.45) is 11.8 Å². The van der Waals surface area contributed by atoms with E-state index in [1.165, 1.54) is 32.1 Å². The molecule has 3 atom stereocenters. The third kappa shape index (κ3) is 2.60. The van der Waals surface area contributed by atoms with Gasteiger partial charge in [0.2, 0.25) is 0 Å². The Morgan fingerprint density at radius 2 is 2.08 bits per heavy atom. The lowest BCUT2D eigenvalue weighted by Crippen LogP contribution is -2.66.